The molecule has 3 amide bonds. The first kappa shape index (κ1) is 27.2. The summed E-state index contributed by atoms with van der Waals surface area (Å²) in [6.45, 7) is 6.32. The fourth-order valence-corrected chi connectivity index (χ4v) is 3.30. The quantitative estimate of drug-likeness (QED) is 0.223. The zero-order valence-corrected chi connectivity index (χ0v) is 21.4. The van der Waals surface area contributed by atoms with Gasteiger partial charge in [-0.25, -0.2) is 4.39 Å². The molecule has 0 fully saturated rings. The highest BCUT2D eigenvalue weighted by Crippen LogP contribution is 2.22. The van der Waals surface area contributed by atoms with Gasteiger partial charge >= 0.3 is 0 Å². The largest absolute Gasteiger partial charge is 0.322 e. The van der Waals surface area contributed by atoms with Gasteiger partial charge in [-0.2, -0.15) is 0 Å². The Bertz CT molecular complexity index is 1310. The van der Waals surface area contributed by atoms with Crippen LogP contribution in [-0.4, -0.2) is 22.8 Å². The van der Waals surface area contributed by atoms with Crippen LogP contribution >= 0.6 is 12.2 Å². The summed E-state index contributed by atoms with van der Waals surface area (Å²) in [5, 5.41) is 5.08. The highest BCUT2D eigenvalue weighted by atomic mass is 32.1. The molecule has 0 radical (unpaired) electrons. The van der Waals surface area contributed by atoms with Gasteiger partial charge in [-0.3, -0.25) is 30.6 Å². The maximum Gasteiger partial charge on any atom is 0.269 e. The molecule has 3 rings (SSSR count). The first-order chi connectivity index (χ1) is 17.5. The number of halogens is 1. The minimum atomic E-state index is -0.524. The average Bonchev–Trinajstić information content (AvgIpc) is 2.87. The van der Waals surface area contributed by atoms with Crippen LogP contribution in [0, 0.1) is 5.82 Å². The molecule has 0 aromatic heterocycles. The minimum absolute atomic E-state index is 0.00215. The molecular formula is C28H27FN4O3S. The minimum Gasteiger partial charge on any atom is -0.322 e. The number of amides is 3. The summed E-state index contributed by atoms with van der Waals surface area (Å²) >= 11 is 5.00. The molecule has 7 nitrogen and oxygen atoms in total. The van der Waals surface area contributed by atoms with E-state index in [-0.39, 0.29) is 22.3 Å². The predicted octanol–water partition coefficient (Wildman–Crippen LogP) is 4.72. The zero-order valence-electron chi connectivity index (χ0n) is 20.6. The Labute approximate surface area is 220 Å². The molecule has 3 aromatic carbocycles. The Balaban J connectivity index is 1.46. The summed E-state index contributed by atoms with van der Waals surface area (Å²) in [5.41, 5.74) is 7.98. The number of carbonyl (C=O) groups is 3. The third-order valence-electron chi connectivity index (χ3n) is 5.24. The molecule has 9 heteroatoms. The van der Waals surface area contributed by atoms with Gasteiger partial charge in [-0.05, 0) is 83.4 Å². The maximum atomic E-state index is 12.9. The van der Waals surface area contributed by atoms with E-state index in [0.717, 1.165) is 5.56 Å². The van der Waals surface area contributed by atoms with Crippen molar-refractivity contribution in [2.24, 2.45) is 0 Å². The molecule has 0 atom stereocenters. The number of rotatable bonds is 5. The van der Waals surface area contributed by atoms with Gasteiger partial charge < -0.3 is 5.32 Å². The van der Waals surface area contributed by atoms with E-state index >= 15 is 0 Å². The van der Waals surface area contributed by atoms with Gasteiger partial charge in [0.05, 0.1) is 0 Å². The molecule has 0 aliphatic heterocycles. The lowest BCUT2D eigenvalue weighted by atomic mass is 9.87. The molecule has 0 aliphatic carbocycles. The standard InChI is InChI=1S/C28H27FN4O3S/c1-28(2,3)21-11-7-19(8-12-21)25(35)30-23-15-9-20(10-16-23)26(36)32-33-27(37)31-24(34)17-6-18-4-13-22(29)14-5-18/h4-17H,1-3H3,(H,30,35)(H,32,36)(H2,31,33,34,37). The van der Waals surface area contributed by atoms with E-state index in [0.29, 0.717) is 22.4 Å². The molecule has 0 saturated heterocycles. The molecule has 0 aliphatic rings. The fourth-order valence-electron chi connectivity index (χ4n) is 3.15. The van der Waals surface area contributed by atoms with Gasteiger partial charge in [0.1, 0.15) is 5.82 Å². The zero-order chi connectivity index (χ0) is 27.0. The Hall–Kier alpha value is -4.37. The second-order valence-corrected chi connectivity index (χ2v) is 9.55. The van der Waals surface area contributed by atoms with Crippen molar-refractivity contribution in [3.8, 4) is 0 Å². The van der Waals surface area contributed by atoms with Crippen LogP contribution in [0.25, 0.3) is 6.08 Å². The van der Waals surface area contributed by atoms with E-state index in [2.05, 4.69) is 42.3 Å². The van der Waals surface area contributed by atoms with Crippen molar-refractivity contribution in [2.45, 2.75) is 26.2 Å². The van der Waals surface area contributed by atoms with Gasteiger partial charge in [-0.15, -0.1) is 0 Å². The predicted molar refractivity (Wildman–Crippen MR) is 146 cm³/mol. The Kier molecular flexibility index (Phi) is 8.86. The second kappa shape index (κ2) is 12.0. The van der Waals surface area contributed by atoms with E-state index in [1.165, 1.54) is 36.4 Å². The molecule has 0 saturated carbocycles. The number of hydrogen-bond donors (Lipinski definition) is 4. The van der Waals surface area contributed by atoms with Crippen LogP contribution in [0.1, 0.15) is 52.6 Å². The van der Waals surface area contributed by atoms with E-state index < -0.39 is 11.8 Å². The van der Waals surface area contributed by atoms with Crippen LogP contribution in [0.4, 0.5) is 10.1 Å². The lowest BCUT2D eigenvalue weighted by Gasteiger charge is -2.19. The van der Waals surface area contributed by atoms with Gasteiger partial charge in [0, 0.05) is 22.9 Å². The van der Waals surface area contributed by atoms with E-state index in [1.807, 2.05) is 12.1 Å². The maximum absolute atomic E-state index is 12.9. The van der Waals surface area contributed by atoms with Crippen molar-refractivity contribution in [1.82, 2.24) is 16.2 Å². The van der Waals surface area contributed by atoms with Crippen molar-refractivity contribution in [1.29, 1.82) is 0 Å². The molecule has 4 N–H and O–H groups in total. The van der Waals surface area contributed by atoms with Gasteiger partial charge in [0.2, 0.25) is 5.91 Å². The first-order valence-electron chi connectivity index (χ1n) is 11.4. The smallest absolute Gasteiger partial charge is 0.269 e. The van der Waals surface area contributed by atoms with E-state index in [4.69, 9.17) is 12.2 Å². The van der Waals surface area contributed by atoms with Crippen LogP contribution in [0.3, 0.4) is 0 Å². The second-order valence-electron chi connectivity index (χ2n) is 9.14. The Morgan fingerprint density at radius 1 is 0.784 bits per heavy atom. The van der Waals surface area contributed by atoms with Crippen LogP contribution in [0.2, 0.25) is 0 Å². The van der Waals surface area contributed by atoms with Gasteiger partial charge in [0.25, 0.3) is 11.8 Å². The van der Waals surface area contributed by atoms with Crippen molar-refractivity contribution in [3.63, 3.8) is 0 Å². The third kappa shape index (κ3) is 8.36. The molecule has 0 spiro atoms. The number of hydrogen-bond acceptors (Lipinski definition) is 4. The molecule has 190 valence electrons. The summed E-state index contributed by atoms with van der Waals surface area (Å²) in [7, 11) is 0. The van der Waals surface area contributed by atoms with Crippen LogP contribution in [0.15, 0.2) is 78.9 Å². The molecule has 37 heavy (non-hydrogen) atoms. The molecular weight excluding hydrogens is 491 g/mol. The molecule has 0 unspecified atom stereocenters. The topological polar surface area (TPSA) is 99.3 Å². The lowest BCUT2D eigenvalue weighted by Crippen LogP contribution is -2.48. The third-order valence-corrected chi connectivity index (χ3v) is 5.45. The number of benzene rings is 3. The van der Waals surface area contributed by atoms with Gasteiger partial charge in [0.15, 0.2) is 5.11 Å². The number of anilines is 1. The number of thiocarbonyl (C=S) groups is 1. The SMILES string of the molecule is CC(C)(C)c1ccc(C(=O)Nc2ccc(C(=O)NNC(=S)NC(=O)C=Cc3ccc(F)cc3)cc2)cc1. The summed E-state index contributed by atoms with van der Waals surface area (Å²) in [6, 6.07) is 19.4. The van der Waals surface area contributed by atoms with E-state index in [1.54, 1.807) is 36.4 Å². The summed E-state index contributed by atoms with van der Waals surface area (Å²) in [6.07, 6.45) is 2.73. The number of hydrazine groups is 1. The highest BCUT2D eigenvalue weighted by molar-refractivity contribution is 7.80. The van der Waals surface area contributed by atoms with Gasteiger partial charge in [-0.1, -0.05) is 45.0 Å². The Morgan fingerprint density at radius 2 is 1.35 bits per heavy atom. The molecule has 0 bridgehead atoms. The first-order valence-corrected chi connectivity index (χ1v) is 11.8. The normalized spacial score (nSPS) is 11.0. The Morgan fingerprint density at radius 3 is 1.95 bits per heavy atom. The van der Waals surface area contributed by atoms with Crippen molar-refractivity contribution in [3.05, 3.63) is 107 Å². The van der Waals surface area contributed by atoms with Crippen molar-refractivity contribution >= 4 is 46.8 Å². The number of carbonyl (C=O) groups excluding carboxylic acids is 3. The highest BCUT2D eigenvalue weighted by Gasteiger charge is 2.14. The molecule has 0 heterocycles. The van der Waals surface area contributed by atoms with Crippen LogP contribution < -0.4 is 21.5 Å². The van der Waals surface area contributed by atoms with Crippen molar-refractivity contribution < 1.29 is 18.8 Å². The van der Waals surface area contributed by atoms with Crippen LogP contribution in [-0.2, 0) is 10.2 Å². The number of nitrogens with one attached hydrogen (secondary N) is 4. The average molecular weight is 519 g/mol. The summed E-state index contributed by atoms with van der Waals surface area (Å²) in [4.78, 5) is 36.8. The van der Waals surface area contributed by atoms with E-state index in [9.17, 15) is 18.8 Å². The van der Waals surface area contributed by atoms with Crippen LogP contribution in [0.5, 0.6) is 0 Å². The summed E-state index contributed by atoms with van der Waals surface area (Å²) < 4.78 is 12.9. The lowest BCUT2D eigenvalue weighted by molar-refractivity contribution is -0.115. The fraction of sp³-hybridized carbons (Fsp3) is 0.143. The summed E-state index contributed by atoms with van der Waals surface area (Å²) in [5.74, 6) is -1.64. The molecule has 3 aromatic rings. The monoisotopic (exact) mass is 518 g/mol. The van der Waals surface area contributed by atoms with Crippen molar-refractivity contribution in [2.75, 3.05) is 5.32 Å².